The second-order valence-corrected chi connectivity index (χ2v) is 8.70. The van der Waals surface area contributed by atoms with Crippen LogP contribution < -0.4 is 5.73 Å². The van der Waals surface area contributed by atoms with E-state index in [1.165, 1.54) is 17.5 Å². The molecule has 3 unspecified atom stereocenters. The van der Waals surface area contributed by atoms with Crippen LogP contribution in [0, 0.1) is 21.4 Å². The predicted molar refractivity (Wildman–Crippen MR) is 97.4 cm³/mol. The summed E-state index contributed by atoms with van der Waals surface area (Å²) in [7, 11) is 0. The van der Waals surface area contributed by atoms with Crippen molar-refractivity contribution in [2.24, 2.45) is 17.1 Å². The lowest BCUT2D eigenvalue weighted by Gasteiger charge is -2.55. The second-order valence-electron chi connectivity index (χ2n) is 8.70. The maximum absolute atomic E-state index is 11.6. The highest BCUT2D eigenvalue weighted by molar-refractivity contribution is 5.53. The molecule has 0 aromatic heterocycles. The third-order valence-corrected chi connectivity index (χ3v) is 6.91. The first-order valence-electron chi connectivity index (χ1n) is 9.24. The number of nitrogens with two attached hydrogens (primary N) is 1. The summed E-state index contributed by atoms with van der Waals surface area (Å²) in [6.07, 6.45) is 5.60. The third-order valence-electron chi connectivity index (χ3n) is 6.91. The van der Waals surface area contributed by atoms with Crippen molar-refractivity contribution in [2.75, 3.05) is 6.54 Å². The highest BCUT2D eigenvalue weighted by Gasteiger charge is 2.51. The molecule has 4 heteroatoms. The quantitative estimate of drug-likeness (QED) is 0.646. The Morgan fingerprint density at radius 1 is 1.33 bits per heavy atom. The van der Waals surface area contributed by atoms with E-state index in [9.17, 15) is 10.1 Å². The summed E-state index contributed by atoms with van der Waals surface area (Å²) in [5.74, 6) is 0.683. The summed E-state index contributed by atoms with van der Waals surface area (Å²) in [6, 6.07) is 4.02. The van der Waals surface area contributed by atoms with Crippen molar-refractivity contribution in [3.05, 3.63) is 38.9 Å². The zero-order valence-corrected chi connectivity index (χ0v) is 15.4. The molecule has 0 amide bonds. The van der Waals surface area contributed by atoms with Gasteiger partial charge in [0.1, 0.15) is 0 Å². The van der Waals surface area contributed by atoms with E-state index >= 15 is 0 Å². The molecule has 3 rings (SSSR count). The fourth-order valence-corrected chi connectivity index (χ4v) is 5.52. The van der Waals surface area contributed by atoms with Gasteiger partial charge in [-0.25, -0.2) is 0 Å². The minimum absolute atomic E-state index is 0.0141. The molecule has 2 N–H and O–H groups in total. The molecule has 1 fully saturated rings. The number of hydrogen-bond donors (Lipinski definition) is 1. The molecule has 1 aromatic carbocycles. The van der Waals surface area contributed by atoms with Gasteiger partial charge in [0.25, 0.3) is 5.69 Å². The first-order valence-corrected chi connectivity index (χ1v) is 9.24. The number of nitrogens with zero attached hydrogens (tertiary/aromatic N) is 1. The zero-order chi connectivity index (χ0) is 17.7. The van der Waals surface area contributed by atoms with Gasteiger partial charge in [0.2, 0.25) is 0 Å². The fourth-order valence-electron chi connectivity index (χ4n) is 5.52. The van der Waals surface area contributed by atoms with Gasteiger partial charge in [0.05, 0.1) is 4.92 Å². The molecule has 0 heterocycles. The van der Waals surface area contributed by atoms with Crippen molar-refractivity contribution in [3.8, 4) is 0 Å². The molecular weight excluding hydrogens is 300 g/mol. The van der Waals surface area contributed by atoms with Crippen LogP contribution in [-0.2, 0) is 11.8 Å². The van der Waals surface area contributed by atoms with E-state index in [0.717, 1.165) is 31.2 Å². The summed E-state index contributed by atoms with van der Waals surface area (Å²) in [6.45, 7) is 9.41. The largest absolute Gasteiger partial charge is 0.330 e. The topological polar surface area (TPSA) is 69.2 Å². The van der Waals surface area contributed by atoms with Gasteiger partial charge in [0.15, 0.2) is 0 Å². The molecule has 24 heavy (non-hydrogen) atoms. The highest BCUT2D eigenvalue weighted by Crippen LogP contribution is 2.57. The predicted octanol–water partition coefficient (Wildman–Crippen LogP) is 4.69. The summed E-state index contributed by atoms with van der Waals surface area (Å²) >= 11 is 0. The minimum Gasteiger partial charge on any atom is -0.330 e. The van der Waals surface area contributed by atoms with Gasteiger partial charge < -0.3 is 5.73 Å². The smallest absolute Gasteiger partial charge is 0.273 e. The van der Waals surface area contributed by atoms with Crippen molar-refractivity contribution in [3.63, 3.8) is 0 Å². The zero-order valence-electron chi connectivity index (χ0n) is 15.4. The molecule has 0 bridgehead atoms. The number of fused-ring (bicyclic) bond motifs is 3. The Kier molecular flexibility index (Phi) is 4.23. The molecular formula is C20H30N2O2. The molecule has 0 saturated heterocycles. The molecule has 4 nitrogen and oxygen atoms in total. The number of aryl methyl sites for hydroxylation is 1. The maximum atomic E-state index is 11.6. The van der Waals surface area contributed by atoms with Crippen LogP contribution in [0.15, 0.2) is 12.1 Å². The Balaban J connectivity index is 2.17. The number of nitro benzene ring substituents is 1. The van der Waals surface area contributed by atoms with Crippen LogP contribution >= 0.6 is 0 Å². The lowest BCUT2D eigenvalue weighted by molar-refractivity contribution is -0.385. The average molecular weight is 330 g/mol. The van der Waals surface area contributed by atoms with Crippen LogP contribution in [0.5, 0.6) is 0 Å². The van der Waals surface area contributed by atoms with Crippen LogP contribution in [0.3, 0.4) is 0 Å². The average Bonchev–Trinajstić information content (AvgIpc) is 2.53. The van der Waals surface area contributed by atoms with E-state index < -0.39 is 0 Å². The molecule has 0 spiro atoms. The lowest BCUT2D eigenvalue weighted by Crippen LogP contribution is -2.51. The van der Waals surface area contributed by atoms with Gasteiger partial charge in [-0.15, -0.1) is 0 Å². The molecule has 2 aliphatic carbocycles. The normalized spacial score (nSPS) is 32.3. The van der Waals surface area contributed by atoms with E-state index in [4.69, 9.17) is 5.73 Å². The number of rotatable bonds is 3. The number of benzene rings is 1. The number of hydrogen-bond acceptors (Lipinski definition) is 3. The highest BCUT2D eigenvalue weighted by atomic mass is 16.6. The van der Waals surface area contributed by atoms with E-state index in [2.05, 4.69) is 19.9 Å². The second kappa shape index (κ2) is 5.83. The molecule has 132 valence electrons. The first kappa shape index (κ1) is 17.4. The van der Waals surface area contributed by atoms with Crippen molar-refractivity contribution in [1.82, 2.24) is 0 Å². The molecule has 0 aliphatic heterocycles. The van der Waals surface area contributed by atoms with Gasteiger partial charge >= 0.3 is 0 Å². The molecule has 1 aromatic rings. The summed E-state index contributed by atoms with van der Waals surface area (Å²) in [5, 5.41) is 11.6. The van der Waals surface area contributed by atoms with Crippen LogP contribution in [0.4, 0.5) is 5.69 Å². The lowest BCUT2D eigenvalue weighted by atomic mass is 9.49. The van der Waals surface area contributed by atoms with Crippen molar-refractivity contribution in [1.29, 1.82) is 0 Å². The van der Waals surface area contributed by atoms with Crippen molar-refractivity contribution in [2.45, 2.75) is 71.1 Å². The Labute approximate surface area is 145 Å². The Morgan fingerprint density at radius 2 is 2.04 bits per heavy atom. The van der Waals surface area contributed by atoms with Crippen LogP contribution in [0.2, 0.25) is 0 Å². The van der Waals surface area contributed by atoms with Gasteiger partial charge in [0, 0.05) is 11.6 Å². The molecule has 2 aliphatic rings. The van der Waals surface area contributed by atoms with Gasteiger partial charge in [-0.1, -0.05) is 34.1 Å². The third kappa shape index (κ3) is 2.46. The van der Waals surface area contributed by atoms with Gasteiger partial charge in [-0.2, -0.15) is 0 Å². The van der Waals surface area contributed by atoms with Crippen molar-refractivity contribution >= 4 is 5.69 Å². The first-order chi connectivity index (χ1) is 11.2. The Bertz CT molecular complexity index is 670. The van der Waals surface area contributed by atoms with E-state index in [0.29, 0.717) is 18.2 Å². The standard InChI is InChI=1S/C20H30N2O2/c1-13(2)15-10-14-6-7-18-19(3,12-21)8-5-9-20(18,4)16(14)11-17(15)22(23)24/h10-11,13,18H,5-9,12,21H2,1-4H3. The van der Waals surface area contributed by atoms with Crippen molar-refractivity contribution < 1.29 is 4.92 Å². The van der Waals surface area contributed by atoms with Gasteiger partial charge in [-0.05, 0) is 72.1 Å². The monoisotopic (exact) mass is 330 g/mol. The van der Waals surface area contributed by atoms with Crippen LogP contribution in [0.25, 0.3) is 0 Å². The number of nitro groups is 1. The van der Waals surface area contributed by atoms with Gasteiger partial charge in [-0.3, -0.25) is 10.1 Å². The maximum Gasteiger partial charge on any atom is 0.273 e. The summed E-state index contributed by atoms with van der Waals surface area (Å²) in [5.41, 5.74) is 10.0. The molecule has 3 atom stereocenters. The van der Waals surface area contributed by atoms with Crippen LogP contribution in [-0.4, -0.2) is 11.5 Å². The Hall–Kier alpha value is -1.42. The summed E-state index contributed by atoms with van der Waals surface area (Å²) < 4.78 is 0. The Morgan fingerprint density at radius 3 is 2.62 bits per heavy atom. The van der Waals surface area contributed by atoms with E-state index in [1.807, 2.05) is 19.9 Å². The van der Waals surface area contributed by atoms with E-state index in [-0.39, 0.29) is 21.7 Å². The fraction of sp³-hybridized carbons (Fsp3) is 0.700. The molecule has 1 saturated carbocycles. The molecule has 0 radical (unpaired) electrons. The minimum atomic E-state index is -0.201. The van der Waals surface area contributed by atoms with Crippen LogP contribution in [0.1, 0.15) is 76.0 Å². The van der Waals surface area contributed by atoms with E-state index in [1.54, 1.807) is 0 Å². The summed E-state index contributed by atoms with van der Waals surface area (Å²) in [4.78, 5) is 11.4. The SMILES string of the molecule is CC(C)c1cc2c(cc1[N+](=O)[O-])C1(C)CCCC(C)(CN)C1CC2.